The van der Waals surface area contributed by atoms with E-state index in [4.69, 9.17) is 15.0 Å². The zero-order valence-electron chi connectivity index (χ0n) is 33.9. The maximum Gasteiger partial charge on any atom is 0.164 e. The van der Waals surface area contributed by atoms with Gasteiger partial charge in [0.2, 0.25) is 0 Å². The SMILES string of the molecule is CCC1CC(C2(C)c3ccccc3-c3c(-c4cccc(-c5cc(-c6ccccc6)cc(-c6nc(-c7ccccc7)nc(-c7ccccc7)n6)c5)c4)cccc32)=CC(C)C1. The van der Waals surface area contributed by atoms with E-state index in [-0.39, 0.29) is 5.41 Å². The molecule has 0 saturated heterocycles. The van der Waals surface area contributed by atoms with Gasteiger partial charge in [0.15, 0.2) is 17.5 Å². The lowest BCUT2D eigenvalue weighted by atomic mass is 9.66. The fourth-order valence-electron chi connectivity index (χ4n) is 9.73. The van der Waals surface area contributed by atoms with E-state index in [2.05, 4.69) is 166 Å². The molecular weight excluding hydrogens is 715 g/mol. The summed E-state index contributed by atoms with van der Waals surface area (Å²) in [5.74, 6) is 3.25. The highest BCUT2D eigenvalue weighted by Gasteiger charge is 2.44. The maximum absolute atomic E-state index is 5.13. The van der Waals surface area contributed by atoms with E-state index in [0.717, 1.165) is 51.3 Å². The molecule has 59 heavy (non-hydrogen) atoms. The average molecular weight is 762 g/mol. The minimum absolute atomic E-state index is 0.164. The van der Waals surface area contributed by atoms with Gasteiger partial charge in [-0.15, -0.1) is 0 Å². The Balaban J connectivity index is 1.13. The largest absolute Gasteiger partial charge is 0.208 e. The van der Waals surface area contributed by atoms with Crippen molar-refractivity contribution in [2.75, 3.05) is 0 Å². The topological polar surface area (TPSA) is 38.7 Å². The molecule has 286 valence electrons. The van der Waals surface area contributed by atoms with Crippen LogP contribution in [0.3, 0.4) is 0 Å². The van der Waals surface area contributed by atoms with Gasteiger partial charge in [0.1, 0.15) is 0 Å². The van der Waals surface area contributed by atoms with Crippen molar-refractivity contribution in [2.24, 2.45) is 11.8 Å². The van der Waals surface area contributed by atoms with Gasteiger partial charge < -0.3 is 0 Å². The highest BCUT2D eigenvalue weighted by atomic mass is 15.0. The molecule has 2 aliphatic rings. The molecule has 0 aliphatic heterocycles. The van der Waals surface area contributed by atoms with Crippen molar-refractivity contribution >= 4 is 0 Å². The molecule has 0 fully saturated rings. The van der Waals surface area contributed by atoms with Crippen molar-refractivity contribution in [2.45, 2.75) is 45.4 Å². The molecule has 7 aromatic carbocycles. The zero-order chi connectivity index (χ0) is 39.9. The summed E-state index contributed by atoms with van der Waals surface area (Å²) in [5, 5.41) is 0. The first kappa shape index (κ1) is 36.6. The first-order chi connectivity index (χ1) is 29.0. The van der Waals surface area contributed by atoms with Crippen LogP contribution in [0.2, 0.25) is 0 Å². The Kier molecular flexibility index (Phi) is 9.45. The summed E-state index contributed by atoms with van der Waals surface area (Å²) in [5.41, 5.74) is 16.8. The molecule has 10 rings (SSSR count). The number of allylic oxidation sites excluding steroid dienone is 2. The number of hydrogen-bond donors (Lipinski definition) is 0. The Bertz CT molecular complexity index is 2780. The van der Waals surface area contributed by atoms with Crippen molar-refractivity contribution in [3.8, 4) is 78.7 Å². The first-order valence-electron chi connectivity index (χ1n) is 21.1. The monoisotopic (exact) mass is 761 g/mol. The van der Waals surface area contributed by atoms with E-state index in [1.54, 1.807) is 5.57 Å². The third kappa shape index (κ3) is 6.71. The summed E-state index contributed by atoms with van der Waals surface area (Å²) in [6.07, 6.45) is 6.26. The Hall–Kier alpha value is -6.71. The van der Waals surface area contributed by atoms with Crippen LogP contribution in [0.25, 0.3) is 78.7 Å². The molecule has 3 atom stereocenters. The lowest BCUT2D eigenvalue weighted by Crippen LogP contribution is -2.28. The second kappa shape index (κ2) is 15.2. The third-order valence-electron chi connectivity index (χ3n) is 12.8. The minimum atomic E-state index is -0.164. The molecule has 8 aromatic rings. The average Bonchev–Trinajstić information content (AvgIpc) is 3.58. The van der Waals surface area contributed by atoms with Crippen LogP contribution in [0.4, 0.5) is 0 Å². The molecule has 0 N–H and O–H groups in total. The van der Waals surface area contributed by atoms with Crippen LogP contribution in [0.5, 0.6) is 0 Å². The number of hydrogen-bond acceptors (Lipinski definition) is 3. The lowest BCUT2D eigenvalue weighted by molar-refractivity contribution is 0.373. The zero-order valence-corrected chi connectivity index (χ0v) is 33.9. The summed E-state index contributed by atoms with van der Waals surface area (Å²) in [4.78, 5) is 15.2. The quantitative estimate of drug-likeness (QED) is 0.145. The molecule has 1 aromatic heterocycles. The molecular formula is C56H47N3. The molecule has 0 spiro atoms. The normalized spacial score (nSPS) is 18.2. The van der Waals surface area contributed by atoms with Gasteiger partial charge in [-0.05, 0) is 112 Å². The lowest BCUT2D eigenvalue weighted by Gasteiger charge is -2.37. The molecule has 0 amide bonds. The highest BCUT2D eigenvalue weighted by Crippen LogP contribution is 2.57. The van der Waals surface area contributed by atoms with Crippen LogP contribution in [-0.4, -0.2) is 15.0 Å². The fourth-order valence-corrected chi connectivity index (χ4v) is 9.73. The highest BCUT2D eigenvalue weighted by molar-refractivity contribution is 5.94. The molecule has 0 saturated carbocycles. The van der Waals surface area contributed by atoms with Crippen LogP contribution in [0, 0.1) is 11.8 Å². The van der Waals surface area contributed by atoms with E-state index in [9.17, 15) is 0 Å². The number of aromatic nitrogens is 3. The Morgan fingerprint density at radius 1 is 0.475 bits per heavy atom. The summed E-state index contributed by atoms with van der Waals surface area (Å²) in [6, 6.07) is 63.0. The van der Waals surface area contributed by atoms with Gasteiger partial charge in [-0.3, -0.25) is 0 Å². The predicted molar refractivity (Wildman–Crippen MR) is 245 cm³/mol. The van der Waals surface area contributed by atoms with Crippen molar-refractivity contribution in [1.82, 2.24) is 15.0 Å². The van der Waals surface area contributed by atoms with Crippen LogP contribution in [0.1, 0.15) is 51.2 Å². The molecule has 3 unspecified atom stereocenters. The van der Waals surface area contributed by atoms with Gasteiger partial charge in [-0.25, -0.2) is 15.0 Å². The summed E-state index contributed by atoms with van der Waals surface area (Å²) >= 11 is 0. The van der Waals surface area contributed by atoms with Crippen molar-refractivity contribution in [3.05, 3.63) is 199 Å². The smallest absolute Gasteiger partial charge is 0.164 e. The second-order valence-corrected chi connectivity index (χ2v) is 16.6. The fraction of sp³-hybridized carbons (Fsp3) is 0.161. The third-order valence-corrected chi connectivity index (χ3v) is 12.8. The summed E-state index contributed by atoms with van der Waals surface area (Å²) in [7, 11) is 0. The van der Waals surface area contributed by atoms with Gasteiger partial charge in [0.25, 0.3) is 0 Å². The molecule has 3 nitrogen and oxygen atoms in total. The summed E-state index contributed by atoms with van der Waals surface area (Å²) in [6.45, 7) is 7.24. The van der Waals surface area contributed by atoms with E-state index in [0.29, 0.717) is 23.4 Å². The van der Waals surface area contributed by atoms with Gasteiger partial charge in [0.05, 0.1) is 0 Å². The van der Waals surface area contributed by atoms with E-state index in [1.165, 1.54) is 46.2 Å². The Labute approximate surface area is 348 Å². The van der Waals surface area contributed by atoms with Crippen LogP contribution >= 0.6 is 0 Å². The van der Waals surface area contributed by atoms with Crippen molar-refractivity contribution in [3.63, 3.8) is 0 Å². The summed E-state index contributed by atoms with van der Waals surface area (Å²) < 4.78 is 0. The predicted octanol–water partition coefficient (Wildman–Crippen LogP) is 14.5. The van der Waals surface area contributed by atoms with E-state index >= 15 is 0 Å². The maximum atomic E-state index is 5.13. The van der Waals surface area contributed by atoms with E-state index in [1.807, 2.05) is 36.4 Å². The second-order valence-electron chi connectivity index (χ2n) is 16.6. The Morgan fingerprint density at radius 3 is 1.61 bits per heavy atom. The van der Waals surface area contributed by atoms with Crippen LogP contribution in [-0.2, 0) is 5.41 Å². The standard InChI is InChI=1S/C56H47N3/c1-4-38-30-37(2)31-47(32-38)56(3)50-28-15-14-26-49(50)52-48(27-17-29-51(52)56)43-25-16-24-42(33-43)45-34-44(39-18-8-5-9-19-39)35-46(36-45)55-58-53(40-20-10-6-11-21-40)57-54(59-55)41-22-12-7-13-23-41/h5-29,31,33-38H,4,30,32H2,1-3H3. The first-order valence-corrected chi connectivity index (χ1v) is 21.1. The van der Waals surface area contributed by atoms with E-state index < -0.39 is 0 Å². The number of nitrogens with zero attached hydrogens (tertiary/aromatic N) is 3. The van der Waals surface area contributed by atoms with Gasteiger partial charge in [0, 0.05) is 22.1 Å². The molecule has 1 heterocycles. The molecule has 2 aliphatic carbocycles. The van der Waals surface area contributed by atoms with Crippen molar-refractivity contribution < 1.29 is 0 Å². The number of benzene rings is 7. The molecule has 0 bridgehead atoms. The van der Waals surface area contributed by atoms with Crippen LogP contribution in [0.15, 0.2) is 188 Å². The van der Waals surface area contributed by atoms with Crippen molar-refractivity contribution in [1.29, 1.82) is 0 Å². The van der Waals surface area contributed by atoms with Gasteiger partial charge in [-0.1, -0.05) is 184 Å². The van der Waals surface area contributed by atoms with Gasteiger partial charge in [-0.2, -0.15) is 0 Å². The molecule has 3 heteroatoms. The minimum Gasteiger partial charge on any atom is -0.208 e. The Morgan fingerprint density at radius 2 is 0.949 bits per heavy atom. The van der Waals surface area contributed by atoms with Crippen LogP contribution < -0.4 is 0 Å². The molecule has 0 radical (unpaired) electrons. The van der Waals surface area contributed by atoms with Gasteiger partial charge >= 0.3 is 0 Å². The number of rotatable bonds is 8. The number of fused-ring (bicyclic) bond motifs is 3.